The highest BCUT2D eigenvalue weighted by Crippen LogP contribution is 2.26. The highest BCUT2D eigenvalue weighted by atomic mass is 32.2. The Balaban J connectivity index is 1.38. The second kappa shape index (κ2) is 8.72. The third-order valence-corrected chi connectivity index (χ3v) is 7.39. The van der Waals surface area contributed by atoms with Gasteiger partial charge in [-0.2, -0.15) is 0 Å². The van der Waals surface area contributed by atoms with Gasteiger partial charge in [0.2, 0.25) is 10.0 Å². The third kappa shape index (κ3) is 5.16. The maximum Gasteiger partial charge on any atom is 0.292 e. The number of ether oxygens (including phenoxy) is 1. The van der Waals surface area contributed by atoms with E-state index in [4.69, 9.17) is 4.74 Å². The Morgan fingerprint density at radius 2 is 1.84 bits per heavy atom. The topological polar surface area (TPSA) is 71.8 Å². The largest absolute Gasteiger partial charge is 0.488 e. The number of piperidine rings is 1. The van der Waals surface area contributed by atoms with E-state index < -0.39 is 10.0 Å². The molecule has 0 amide bonds. The van der Waals surface area contributed by atoms with Crippen molar-refractivity contribution in [2.45, 2.75) is 32.5 Å². The fraction of sp³-hybridized carbons (Fsp3) is 0.500. The molecular weight excluding hydrogens is 421 g/mol. The van der Waals surface area contributed by atoms with Crippen LogP contribution in [0.2, 0.25) is 0 Å². The lowest BCUT2D eigenvalue weighted by atomic mass is 9.99. The minimum Gasteiger partial charge on any atom is -0.488 e. The average Bonchev–Trinajstić information content (AvgIpc) is 3.10. The van der Waals surface area contributed by atoms with Gasteiger partial charge < -0.3 is 9.30 Å². The zero-order valence-electron chi connectivity index (χ0n) is 17.9. The van der Waals surface area contributed by atoms with Crippen molar-refractivity contribution in [2.75, 3.05) is 26.0 Å². The minimum atomic E-state index is -3.15. The Bertz CT molecular complexity index is 1120. The van der Waals surface area contributed by atoms with Gasteiger partial charge in [-0.1, -0.05) is 6.07 Å². The van der Waals surface area contributed by atoms with E-state index in [0.717, 1.165) is 36.1 Å². The van der Waals surface area contributed by atoms with E-state index >= 15 is 0 Å². The quantitative estimate of drug-likeness (QED) is 0.675. The predicted octanol–water partition coefficient (Wildman–Crippen LogP) is 2.09. The molecule has 2 aliphatic heterocycles. The number of aromatic nitrogens is 1. The summed E-state index contributed by atoms with van der Waals surface area (Å²) in [5.41, 5.74) is 2.89. The normalized spacial score (nSPS) is 18.3. The number of rotatable bonds is 6. The smallest absolute Gasteiger partial charge is 0.292 e. The van der Waals surface area contributed by atoms with Crippen molar-refractivity contribution in [3.8, 4) is 5.75 Å². The van der Waals surface area contributed by atoms with Crippen molar-refractivity contribution in [3.63, 3.8) is 0 Å². The Morgan fingerprint density at radius 1 is 1.13 bits per heavy atom. The van der Waals surface area contributed by atoms with Crippen LogP contribution in [0.4, 0.5) is 4.39 Å². The Hall–Kier alpha value is -2.23. The van der Waals surface area contributed by atoms with Crippen molar-refractivity contribution in [1.82, 2.24) is 13.8 Å². The molecule has 1 aromatic heterocycles. The molecule has 0 radical (unpaired) electrons. The van der Waals surface area contributed by atoms with Crippen molar-refractivity contribution in [2.24, 2.45) is 13.0 Å². The second-order valence-electron chi connectivity index (χ2n) is 8.60. The van der Waals surface area contributed by atoms with Crippen LogP contribution in [-0.4, -0.2) is 48.1 Å². The number of hydrogen-bond acceptors (Lipinski definition) is 5. The number of pyridine rings is 1. The monoisotopic (exact) mass is 449 g/mol. The molecule has 0 bridgehead atoms. The van der Waals surface area contributed by atoms with Gasteiger partial charge >= 0.3 is 0 Å². The fourth-order valence-electron chi connectivity index (χ4n) is 4.36. The summed E-state index contributed by atoms with van der Waals surface area (Å²) >= 11 is 0. The first-order chi connectivity index (χ1) is 14.7. The lowest BCUT2D eigenvalue weighted by Gasteiger charge is -2.30. The summed E-state index contributed by atoms with van der Waals surface area (Å²) in [6.07, 6.45) is 4.48. The van der Waals surface area contributed by atoms with Crippen LogP contribution in [0.25, 0.3) is 0 Å². The van der Waals surface area contributed by atoms with E-state index in [1.54, 1.807) is 19.2 Å². The van der Waals surface area contributed by atoms with Crippen LogP contribution in [0.3, 0.4) is 0 Å². The Morgan fingerprint density at radius 3 is 2.55 bits per heavy atom. The van der Waals surface area contributed by atoms with Crippen LogP contribution in [0.5, 0.6) is 5.75 Å². The van der Waals surface area contributed by atoms with Crippen LogP contribution in [0.1, 0.15) is 29.5 Å². The number of sulfonamides is 1. The lowest BCUT2D eigenvalue weighted by Crippen LogP contribution is -2.39. The zero-order chi connectivity index (χ0) is 22.2. The molecule has 168 valence electrons. The predicted molar refractivity (Wildman–Crippen MR) is 116 cm³/mol. The van der Waals surface area contributed by atoms with Crippen LogP contribution in [0, 0.1) is 11.7 Å². The van der Waals surface area contributed by atoms with E-state index in [2.05, 4.69) is 4.90 Å². The molecule has 0 N–H and O–H groups in total. The molecule has 2 aliphatic rings. The summed E-state index contributed by atoms with van der Waals surface area (Å²) in [6.45, 7) is 3.42. The average molecular weight is 450 g/mol. The molecule has 3 heterocycles. The molecule has 7 nitrogen and oxygen atoms in total. The van der Waals surface area contributed by atoms with Crippen LogP contribution >= 0.6 is 0 Å². The minimum absolute atomic E-state index is 0.191. The number of halogens is 1. The van der Waals surface area contributed by atoms with Gasteiger partial charge in [0, 0.05) is 46.0 Å². The molecule has 0 saturated carbocycles. The molecule has 31 heavy (non-hydrogen) atoms. The highest BCUT2D eigenvalue weighted by molar-refractivity contribution is 7.88. The van der Waals surface area contributed by atoms with E-state index in [1.807, 2.05) is 12.3 Å². The molecule has 4 rings (SSSR count). The summed E-state index contributed by atoms with van der Waals surface area (Å²) in [5.74, 6) is 0.309. The van der Waals surface area contributed by atoms with Gasteiger partial charge in [0.1, 0.15) is 5.82 Å². The first-order valence-electron chi connectivity index (χ1n) is 10.5. The second-order valence-corrected chi connectivity index (χ2v) is 10.6. The first-order valence-corrected chi connectivity index (χ1v) is 12.3. The number of benzene rings is 1. The molecule has 0 aliphatic carbocycles. The standard InChI is InChI=1S/C22H28FN3O4S/c1-24-11-17(12-25-13-18-3-4-20(23)10-19(18)14-25)9-21(22(24)27)30-15-16-5-7-26(8-6-16)31(2,28)29/h3-4,9-11,16H,5-8,12-15H2,1-2H3. The highest BCUT2D eigenvalue weighted by Gasteiger charge is 2.26. The van der Waals surface area contributed by atoms with Crippen LogP contribution < -0.4 is 10.3 Å². The summed E-state index contributed by atoms with van der Waals surface area (Å²) in [6, 6.07) is 6.69. The van der Waals surface area contributed by atoms with E-state index in [0.29, 0.717) is 38.5 Å². The Labute approximate surface area is 182 Å². The van der Waals surface area contributed by atoms with E-state index in [-0.39, 0.29) is 17.3 Å². The maximum absolute atomic E-state index is 13.5. The van der Waals surface area contributed by atoms with Gasteiger partial charge in [-0.3, -0.25) is 9.69 Å². The van der Waals surface area contributed by atoms with Crippen LogP contribution in [-0.2, 0) is 36.7 Å². The number of fused-ring (bicyclic) bond motifs is 1. The Kier molecular flexibility index (Phi) is 6.18. The molecule has 1 fully saturated rings. The van der Waals surface area contributed by atoms with Gasteiger partial charge in [-0.25, -0.2) is 17.1 Å². The van der Waals surface area contributed by atoms with Gasteiger partial charge in [-0.15, -0.1) is 0 Å². The summed E-state index contributed by atoms with van der Waals surface area (Å²) in [7, 11) is -1.45. The van der Waals surface area contributed by atoms with Gasteiger partial charge in [0.15, 0.2) is 5.75 Å². The fourth-order valence-corrected chi connectivity index (χ4v) is 5.23. The SMILES string of the molecule is Cn1cc(CN2Cc3ccc(F)cc3C2)cc(OCC2CCN(S(C)(=O)=O)CC2)c1=O. The van der Waals surface area contributed by atoms with Crippen molar-refractivity contribution in [3.05, 3.63) is 63.3 Å². The molecule has 0 atom stereocenters. The van der Waals surface area contributed by atoms with Gasteiger partial charge in [0.05, 0.1) is 12.9 Å². The van der Waals surface area contributed by atoms with Crippen molar-refractivity contribution < 1.29 is 17.5 Å². The number of hydrogen-bond donors (Lipinski definition) is 0. The number of aryl methyl sites for hydroxylation is 1. The molecule has 2 aromatic rings. The summed E-state index contributed by atoms with van der Waals surface area (Å²) in [5, 5.41) is 0. The van der Waals surface area contributed by atoms with E-state index in [9.17, 15) is 17.6 Å². The summed E-state index contributed by atoms with van der Waals surface area (Å²) in [4.78, 5) is 14.7. The molecule has 0 spiro atoms. The number of nitrogens with zero attached hydrogens (tertiary/aromatic N) is 3. The zero-order valence-corrected chi connectivity index (χ0v) is 18.7. The van der Waals surface area contributed by atoms with Gasteiger partial charge in [-0.05, 0) is 53.6 Å². The molecular formula is C22H28FN3O4S. The molecule has 9 heteroatoms. The van der Waals surface area contributed by atoms with Crippen LogP contribution in [0.15, 0.2) is 35.3 Å². The van der Waals surface area contributed by atoms with Crippen molar-refractivity contribution in [1.29, 1.82) is 0 Å². The van der Waals surface area contributed by atoms with Crippen molar-refractivity contribution >= 4 is 10.0 Å². The molecule has 0 unspecified atom stereocenters. The third-order valence-electron chi connectivity index (χ3n) is 6.09. The van der Waals surface area contributed by atoms with Gasteiger partial charge in [0.25, 0.3) is 5.56 Å². The molecule has 1 aromatic carbocycles. The first kappa shape index (κ1) is 22.0. The maximum atomic E-state index is 13.5. The van der Waals surface area contributed by atoms with E-state index in [1.165, 1.54) is 21.2 Å². The summed E-state index contributed by atoms with van der Waals surface area (Å²) < 4.78 is 45.7. The lowest BCUT2D eigenvalue weighted by molar-refractivity contribution is 0.183. The molecule has 1 saturated heterocycles.